The van der Waals surface area contributed by atoms with Crippen LogP contribution in [-0.4, -0.2) is 42.1 Å². The lowest BCUT2D eigenvalue weighted by Crippen LogP contribution is -2.39. The van der Waals surface area contributed by atoms with E-state index in [0.29, 0.717) is 0 Å². The molecule has 0 radical (unpaired) electrons. The standard InChI is InChI=1S/C21H28N6S.HI/c1-4-22-21(24-12-11-20-26-15(2)16(3)28-20)25-14-13-23-19-10-9-17-7-5-6-8-18(17)27-19;/h5-10H,4,11-14H2,1-3H3,(H,23,27)(H2,22,24,25);1H. The number of aliphatic imine (C=N–C) groups is 1. The maximum Gasteiger partial charge on any atom is 0.191 e. The zero-order valence-corrected chi connectivity index (χ0v) is 20.3. The number of nitrogens with one attached hydrogen (secondary N) is 3. The van der Waals surface area contributed by atoms with Gasteiger partial charge in [-0.3, -0.25) is 4.99 Å². The number of halogens is 1. The predicted octanol–water partition coefficient (Wildman–Crippen LogP) is 4.14. The highest BCUT2D eigenvalue weighted by molar-refractivity contribution is 14.0. The number of nitrogens with zero attached hydrogens (tertiary/aromatic N) is 3. The minimum Gasteiger partial charge on any atom is -0.368 e. The Kier molecular flexibility index (Phi) is 9.59. The van der Waals surface area contributed by atoms with E-state index in [0.717, 1.165) is 66.0 Å². The quantitative estimate of drug-likeness (QED) is 0.179. The van der Waals surface area contributed by atoms with Gasteiger partial charge in [0.2, 0.25) is 0 Å². The molecule has 1 aromatic carbocycles. The lowest BCUT2D eigenvalue weighted by Gasteiger charge is -2.12. The highest BCUT2D eigenvalue weighted by Crippen LogP contribution is 2.16. The number of fused-ring (bicyclic) bond motifs is 1. The fourth-order valence-corrected chi connectivity index (χ4v) is 3.71. The van der Waals surface area contributed by atoms with Crippen molar-refractivity contribution >= 4 is 58.0 Å². The molecule has 156 valence electrons. The summed E-state index contributed by atoms with van der Waals surface area (Å²) in [5.74, 6) is 1.72. The molecule has 8 heteroatoms. The molecule has 0 saturated carbocycles. The van der Waals surface area contributed by atoms with Crippen LogP contribution in [0.1, 0.15) is 22.5 Å². The second-order valence-electron chi connectivity index (χ2n) is 6.50. The predicted molar refractivity (Wildman–Crippen MR) is 135 cm³/mol. The van der Waals surface area contributed by atoms with Crippen LogP contribution >= 0.6 is 35.3 Å². The molecule has 3 N–H and O–H groups in total. The van der Waals surface area contributed by atoms with Gasteiger partial charge in [-0.1, -0.05) is 18.2 Å². The van der Waals surface area contributed by atoms with Crippen LogP contribution in [0, 0.1) is 13.8 Å². The lowest BCUT2D eigenvalue weighted by molar-refractivity contribution is 0.813. The molecule has 0 atom stereocenters. The SMILES string of the molecule is CCNC(=NCCc1nc(C)c(C)s1)NCCNc1ccc2ccccc2n1.I. The second kappa shape index (κ2) is 11.9. The van der Waals surface area contributed by atoms with E-state index in [1.54, 1.807) is 11.3 Å². The molecule has 3 aromatic rings. The first-order valence-corrected chi connectivity index (χ1v) is 10.5. The number of pyridine rings is 1. The number of guanidine groups is 1. The Hall–Kier alpha value is -1.94. The fraction of sp³-hybridized carbons (Fsp3) is 0.381. The molecule has 0 spiro atoms. The molecular formula is C21H29IN6S. The zero-order chi connectivity index (χ0) is 19.8. The number of hydrogen-bond donors (Lipinski definition) is 3. The molecule has 0 amide bonds. The third-order valence-corrected chi connectivity index (χ3v) is 5.47. The summed E-state index contributed by atoms with van der Waals surface area (Å²) < 4.78 is 0. The number of anilines is 1. The van der Waals surface area contributed by atoms with Gasteiger partial charge in [0.15, 0.2) is 5.96 Å². The number of para-hydroxylation sites is 1. The topological polar surface area (TPSA) is 74.2 Å². The summed E-state index contributed by atoms with van der Waals surface area (Å²) in [5.41, 5.74) is 2.13. The van der Waals surface area contributed by atoms with Crippen molar-refractivity contribution in [1.82, 2.24) is 20.6 Å². The number of hydrogen-bond acceptors (Lipinski definition) is 5. The van der Waals surface area contributed by atoms with Crippen molar-refractivity contribution < 1.29 is 0 Å². The van der Waals surface area contributed by atoms with Crippen molar-refractivity contribution in [2.45, 2.75) is 27.2 Å². The Bertz CT molecular complexity index is 920. The van der Waals surface area contributed by atoms with E-state index in [1.165, 1.54) is 4.88 Å². The van der Waals surface area contributed by atoms with Crippen LogP contribution in [0.5, 0.6) is 0 Å². The second-order valence-corrected chi connectivity index (χ2v) is 7.79. The molecule has 2 aromatic heterocycles. The average molecular weight is 524 g/mol. The van der Waals surface area contributed by atoms with Gasteiger partial charge in [-0.15, -0.1) is 35.3 Å². The van der Waals surface area contributed by atoms with E-state index in [2.05, 4.69) is 63.8 Å². The summed E-state index contributed by atoms with van der Waals surface area (Å²) in [5, 5.41) is 12.3. The molecule has 6 nitrogen and oxygen atoms in total. The van der Waals surface area contributed by atoms with Gasteiger partial charge in [0.1, 0.15) is 5.82 Å². The molecule has 0 bridgehead atoms. The molecule has 29 heavy (non-hydrogen) atoms. The Balaban J connectivity index is 0.00000300. The average Bonchev–Trinajstić information content (AvgIpc) is 3.02. The molecule has 2 heterocycles. The third-order valence-electron chi connectivity index (χ3n) is 4.33. The first kappa shape index (κ1) is 23.3. The summed E-state index contributed by atoms with van der Waals surface area (Å²) in [6.07, 6.45) is 0.870. The Morgan fingerprint density at radius 1 is 1.03 bits per heavy atom. The van der Waals surface area contributed by atoms with Gasteiger partial charge in [-0.05, 0) is 39.0 Å². The molecule has 0 fully saturated rings. The number of benzene rings is 1. The minimum atomic E-state index is 0. The van der Waals surface area contributed by atoms with Crippen LogP contribution in [-0.2, 0) is 6.42 Å². The Morgan fingerprint density at radius 2 is 1.86 bits per heavy atom. The number of aromatic nitrogens is 2. The first-order chi connectivity index (χ1) is 13.7. The minimum absolute atomic E-state index is 0. The molecule has 0 aliphatic carbocycles. The molecule has 3 rings (SSSR count). The molecule has 0 unspecified atom stereocenters. The van der Waals surface area contributed by atoms with Gasteiger partial charge < -0.3 is 16.0 Å². The number of aryl methyl sites for hydroxylation is 2. The highest BCUT2D eigenvalue weighted by atomic mass is 127. The summed E-state index contributed by atoms with van der Waals surface area (Å²) in [6, 6.07) is 12.2. The largest absolute Gasteiger partial charge is 0.368 e. The van der Waals surface area contributed by atoms with Crippen LogP contribution in [0.25, 0.3) is 10.9 Å². The summed E-state index contributed by atoms with van der Waals surface area (Å²) >= 11 is 1.76. The normalized spacial score (nSPS) is 11.2. The Labute approximate surface area is 193 Å². The fourth-order valence-electron chi connectivity index (χ4n) is 2.79. The van der Waals surface area contributed by atoms with Gasteiger partial charge in [0.25, 0.3) is 0 Å². The van der Waals surface area contributed by atoms with Gasteiger partial charge >= 0.3 is 0 Å². The lowest BCUT2D eigenvalue weighted by atomic mass is 10.2. The van der Waals surface area contributed by atoms with Crippen LogP contribution in [0.15, 0.2) is 41.4 Å². The summed E-state index contributed by atoms with van der Waals surface area (Å²) in [4.78, 5) is 15.1. The zero-order valence-electron chi connectivity index (χ0n) is 17.2. The molecular weight excluding hydrogens is 495 g/mol. The van der Waals surface area contributed by atoms with Gasteiger partial charge in [-0.2, -0.15) is 0 Å². The van der Waals surface area contributed by atoms with Crippen molar-refractivity contribution in [2.24, 2.45) is 4.99 Å². The Morgan fingerprint density at radius 3 is 2.62 bits per heavy atom. The van der Waals surface area contributed by atoms with Crippen molar-refractivity contribution in [3.8, 4) is 0 Å². The summed E-state index contributed by atoms with van der Waals surface area (Å²) in [6.45, 7) is 9.32. The van der Waals surface area contributed by atoms with Crippen molar-refractivity contribution in [3.05, 3.63) is 52.0 Å². The van der Waals surface area contributed by atoms with Crippen molar-refractivity contribution in [2.75, 3.05) is 31.5 Å². The summed E-state index contributed by atoms with van der Waals surface area (Å²) in [7, 11) is 0. The number of thiazole rings is 1. The first-order valence-electron chi connectivity index (χ1n) is 9.70. The van der Waals surface area contributed by atoms with Crippen LogP contribution in [0.3, 0.4) is 0 Å². The van der Waals surface area contributed by atoms with E-state index in [9.17, 15) is 0 Å². The monoisotopic (exact) mass is 524 g/mol. The van der Waals surface area contributed by atoms with Crippen LogP contribution in [0.2, 0.25) is 0 Å². The van der Waals surface area contributed by atoms with Crippen molar-refractivity contribution in [1.29, 1.82) is 0 Å². The van der Waals surface area contributed by atoms with Gasteiger partial charge in [0.05, 0.1) is 16.2 Å². The maximum absolute atomic E-state index is 4.65. The molecule has 0 aliphatic rings. The van der Waals surface area contributed by atoms with Gasteiger partial charge in [0, 0.05) is 42.9 Å². The van der Waals surface area contributed by atoms with E-state index in [-0.39, 0.29) is 24.0 Å². The van der Waals surface area contributed by atoms with E-state index in [1.807, 2.05) is 24.3 Å². The molecule has 0 aliphatic heterocycles. The van der Waals surface area contributed by atoms with Crippen molar-refractivity contribution in [3.63, 3.8) is 0 Å². The van der Waals surface area contributed by atoms with E-state index in [4.69, 9.17) is 0 Å². The van der Waals surface area contributed by atoms with E-state index >= 15 is 0 Å². The van der Waals surface area contributed by atoms with Crippen LogP contribution in [0.4, 0.5) is 5.82 Å². The number of rotatable bonds is 8. The van der Waals surface area contributed by atoms with Crippen LogP contribution < -0.4 is 16.0 Å². The maximum atomic E-state index is 4.65. The van der Waals surface area contributed by atoms with E-state index < -0.39 is 0 Å². The highest BCUT2D eigenvalue weighted by Gasteiger charge is 2.03. The third kappa shape index (κ3) is 7.11. The smallest absolute Gasteiger partial charge is 0.191 e. The van der Waals surface area contributed by atoms with Gasteiger partial charge in [-0.25, -0.2) is 9.97 Å². The molecule has 0 saturated heterocycles.